The van der Waals surface area contributed by atoms with Crippen LogP contribution in [0.4, 0.5) is 0 Å². The Morgan fingerprint density at radius 3 is 2.52 bits per heavy atom. The van der Waals surface area contributed by atoms with Crippen molar-refractivity contribution in [3.8, 4) is 5.75 Å². The summed E-state index contributed by atoms with van der Waals surface area (Å²) >= 11 is 0. The van der Waals surface area contributed by atoms with Crippen LogP contribution in [-0.2, 0) is 19.4 Å². The lowest BCUT2D eigenvalue weighted by atomic mass is 9.89. The zero-order chi connectivity index (χ0) is 16.6. The Hall–Kier alpha value is -2.30. The van der Waals surface area contributed by atoms with Crippen molar-refractivity contribution >= 4 is 5.91 Å². The SMILES string of the molecule is Cc1noc(C)c1CN(C)C(=O)c1cc2c(cc1O)CCCC2. The fourth-order valence-corrected chi connectivity index (χ4v) is 3.19. The fraction of sp³-hybridized carbons (Fsp3) is 0.444. The molecule has 1 aliphatic rings. The first kappa shape index (κ1) is 15.6. The van der Waals surface area contributed by atoms with Gasteiger partial charge in [-0.15, -0.1) is 0 Å². The van der Waals surface area contributed by atoms with Crippen molar-refractivity contribution in [3.63, 3.8) is 0 Å². The van der Waals surface area contributed by atoms with E-state index in [0.29, 0.717) is 12.1 Å². The highest BCUT2D eigenvalue weighted by Gasteiger charge is 2.22. The molecule has 5 heteroatoms. The number of amides is 1. The maximum atomic E-state index is 12.7. The Bertz CT molecular complexity index is 729. The van der Waals surface area contributed by atoms with Gasteiger partial charge in [0, 0.05) is 12.6 Å². The molecule has 3 rings (SSSR count). The molecule has 0 atom stereocenters. The summed E-state index contributed by atoms with van der Waals surface area (Å²) in [6.45, 7) is 4.11. The molecular formula is C18H22N2O3. The average Bonchev–Trinajstić information content (AvgIpc) is 2.85. The monoisotopic (exact) mass is 314 g/mol. The first-order chi connectivity index (χ1) is 11.0. The number of benzene rings is 1. The number of hydrogen-bond donors (Lipinski definition) is 1. The molecule has 1 N–H and O–H groups in total. The van der Waals surface area contributed by atoms with Gasteiger partial charge in [-0.25, -0.2) is 0 Å². The van der Waals surface area contributed by atoms with Crippen LogP contribution in [0.15, 0.2) is 16.7 Å². The van der Waals surface area contributed by atoms with Gasteiger partial charge in [-0.2, -0.15) is 0 Å². The minimum absolute atomic E-state index is 0.0706. The number of rotatable bonds is 3. The first-order valence-corrected chi connectivity index (χ1v) is 7.99. The van der Waals surface area contributed by atoms with Crippen molar-refractivity contribution in [2.45, 2.75) is 46.1 Å². The third kappa shape index (κ3) is 2.96. The van der Waals surface area contributed by atoms with Gasteiger partial charge in [-0.05, 0) is 62.8 Å². The van der Waals surface area contributed by atoms with Gasteiger partial charge in [0.25, 0.3) is 5.91 Å². The van der Waals surface area contributed by atoms with Crippen LogP contribution in [0.2, 0.25) is 0 Å². The minimum Gasteiger partial charge on any atom is -0.507 e. The number of nitrogens with zero attached hydrogens (tertiary/aromatic N) is 2. The quantitative estimate of drug-likeness (QED) is 0.945. The highest BCUT2D eigenvalue weighted by molar-refractivity contribution is 5.97. The van der Waals surface area contributed by atoms with Crippen molar-refractivity contribution in [3.05, 3.63) is 45.8 Å². The number of phenols is 1. The maximum Gasteiger partial charge on any atom is 0.257 e. The van der Waals surface area contributed by atoms with Crippen LogP contribution < -0.4 is 0 Å². The summed E-state index contributed by atoms with van der Waals surface area (Å²) in [5, 5.41) is 14.2. The molecule has 2 aromatic rings. The molecule has 1 aromatic carbocycles. The van der Waals surface area contributed by atoms with E-state index in [1.807, 2.05) is 19.9 Å². The van der Waals surface area contributed by atoms with E-state index in [1.165, 1.54) is 11.1 Å². The summed E-state index contributed by atoms with van der Waals surface area (Å²) in [5.74, 6) is 0.606. The molecule has 1 aromatic heterocycles. The Labute approximate surface area is 135 Å². The second kappa shape index (κ2) is 6.07. The standard InChI is InChI=1S/C18H22N2O3/c1-11-16(12(2)23-19-11)10-20(3)18(22)15-8-13-6-4-5-7-14(13)9-17(15)21/h8-9,21H,4-7,10H2,1-3H3. The number of carbonyl (C=O) groups excluding carboxylic acids is 1. The molecule has 122 valence electrons. The van der Waals surface area contributed by atoms with E-state index in [9.17, 15) is 9.90 Å². The largest absolute Gasteiger partial charge is 0.507 e. The normalized spacial score (nSPS) is 13.7. The summed E-state index contributed by atoms with van der Waals surface area (Å²) in [5.41, 5.74) is 4.43. The molecule has 0 saturated heterocycles. The highest BCUT2D eigenvalue weighted by Crippen LogP contribution is 2.29. The second-order valence-corrected chi connectivity index (χ2v) is 6.31. The van der Waals surface area contributed by atoms with E-state index in [2.05, 4.69) is 5.16 Å². The van der Waals surface area contributed by atoms with E-state index in [4.69, 9.17) is 4.52 Å². The molecule has 0 saturated carbocycles. The summed E-state index contributed by atoms with van der Waals surface area (Å²) in [6, 6.07) is 3.61. The Kier molecular flexibility index (Phi) is 4.11. The molecule has 0 fully saturated rings. The molecule has 23 heavy (non-hydrogen) atoms. The third-order valence-corrected chi connectivity index (χ3v) is 4.61. The molecule has 0 unspecified atom stereocenters. The summed E-state index contributed by atoms with van der Waals surface area (Å²) in [6.07, 6.45) is 4.24. The van der Waals surface area contributed by atoms with Crippen LogP contribution in [0.3, 0.4) is 0 Å². The third-order valence-electron chi connectivity index (χ3n) is 4.61. The van der Waals surface area contributed by atoms with Crippen LogP contribution in [0.1, 0.15) is 51.3 Å². The van der Waals surface area contributed by atoms with E-state index in [1.54, 1.807) is 18.0 Å². The van der Waals surface area contributed by atoms with Crippen molar-refractivity contribution < 1.29 is 14.4 Å². The van der Waals surface area contributed by atoms with Gasteiger partial charge >= 0.3 is 0 Å². The second-order valence-electron chi connectivity index (χ2n) is 6.31. The Balaban J connectivity index is 1.85. The van der Waals surface area contributed by atoms with Gasteiger partial charge in [0.2, 0.25) is 0 Å². The van der Waals surface area contributed by atoms with E-state index >= 15 is 0 Å². The van der Waals surface area contributed by atoms with Gasteiger partial charge < -0.3 is 14.5 Å². The van der Waals surface area contributed by atoms with Gasteiger partial charge in [0.1, 0.15) is 11.5 Å². The summed E-state index contributed by atoms with van der Waals surface area (Å²) in [7, 11) is 1.73. The van der Waals surface area contributed by atoms with E-state index in [0.717, 1.165) is 42.7 Å². The van der Waals surface area contributed by atoms with Gasteiger partial charge in [0.05, 0.1) is 17.8 Å². The van der Waals surface area contributed by atoms with Crippen molar-refractivity contribution in [2.24, 2.45) is 0 Å². The lowest BCUT2D eigenvalue weighted by Gasteiger charge is -2.21. The number of fused-ring (bicyclic) bond motifs is 1. The number of aromatic nitrogens is 1. The zero-order valence-electron chi connectivity index (χ0n) is 13.8. The fourth-order valence-electron chi connectivity index (χ4n) is 3.19. The number of hydrogen-bond acceptors (Lipinski definition) is 4. The number of aryl methyl sites for hydroxylation is 4. The van der Waals surface area contributed by atoms with Crippen LogP contribution in [0, 0.1) is 13.8 Å². The maximum absolute atomic E-state index is 12.7. The van der Waals surface area contributed by atoms with Gasteiger partial charge in [-0.1, -0.05) is 5.16 Å². The smallest absolute Gasteiger partial charge is 0.257 e. The summed E-state index contributed by atoms with van der Waals surface area (Å²) < 4.78 is 5.14. The van der Waals surface area contributed by atoms with Gasteiger partial charge in [0.15, 0.2) is 0 Å². The van der Waals surface area contributed by atoms with Crippen LogP contribution in [0.5, 0.6) is 5.75 Å². The molecular weight excluding hydrogens is 292 g/mol. The molecule has 0 aliphatic heterocycles. The van der Waals surface area contributed by atoms with Crippen LogP contribution in [0.25, 0.3) is 0 Å². The lowest BCUT2D eigenvalue weighted by molar-refractivity contribution is 0.0781. The van der Waals surface area contributed by atoms with E-state index < -0.39 is 0 Å². The molecule has 5 nitrogen and oxygen atoms in total. The minimum atomic E-state index is -0.184. The van der Waals surface area contributed by atoms with Crippen molar-refractivity contribution in [1.82, 2.24) is 10.1 Å². The Morgan fingerprint density at radius 1 is 1.26 bits per heavy atom. The van der Waals surface area contributed by atoms with Crippen molar-refractivity contribution in [2.75, 3.05) is 7.05 Å². The van der Waals surface area contributed by atoms with Crippen LogP contribution in [-0.4, -0.2) is 28.1 Å². The van der Waals surface area contributed by atoms with Gasteiger partial charge in [-0.3, -0.25) is 4.79 Å². The average molecular weight is 314 g/mol. The summed E-state index contributed by atoms with van der Waals surface area (Å²) in [4.78, 5) is 14.3. The zero-order valence-corrected chi connectivity index (χ0v) is 13.8. The topological polar surface area (TPSA) is 66.6 Å². The lowest BCUT2D eigenvalue weighted by Crippen LogP contribution is -2.27. The number of carbonyl (C=O) groups is 1. The molecule has 0 radical (unpaired) electrons. The molecule has 1 amide bonds. The number of phenolic OH excluding ortho intramolecular Hbond substituents is 1. The molecule has 0 bridgehead atoms. The van der Waals surface area contributed by atoms with Crippen LogP contribution >= 0.6 is 0 Å². The van der Waals surface area contributed by atoms with E-state index in [-0.39, 0.29) is 11.7 Å². The highest BCUT2D eigenvalue weighted by atomic mass is 16.5. The predicted molar refractivity (Wildman–Crippen MR) is 86.5 cm³/mol. The molecule has 0 spiro atoms. The number of aromatic hydroxyl groups is 1. The predicted octanol–water partition coefficient (Wildman–Crippen LogP) is 3.15. The first-order valence-electron chi connectivity index (χ1n) is 7.99. The molecule has 1 aliphatic carbocycles. The van der Waals surface area contributed by atoms with Crippen molar-refractivity contribution in [1.29, 1.82) is 0 Å². The molecule has 1 heterocycles. The Morgan fingerprint density at radius 2 is 1.91 bits per heavy atom.